The molecule has 1 saturated heterocycles. The van der Waals surface area contributed by atoms with Crippen LogP contribution in [0.3, 0.4) is 0 Å². The van der Waals surface area contributed by atoms with E-state index in [0.717, 1.165) is 37.7 Å². The first-order valence-corrected chi connectivity index (χ1v) is 13.3. The van der Waals surface area contributed by atoms with Crippen molar-refractivity contribution in [2.75, 3.05) is 13.1 Å². The zero-order valence-corrected chi connectivity index (χ0v) is 23.1. The van der Waals surface area contributed by atoms with Gasteiger partial charge in [-0.25, -0.2) is 0 Å². The van der Waals surface area contributed by atoms with Crippen molar-refractivity contribution < 1.29 is 19.5 Å². The average Bonchev–Trinajstić information content (AvgIpc) is 3.15. The zero-order valence-electron chi connectivity index (χ0n) is 22.3. The van der Waals surface area contributed by atoms with Crippen LogP contribution in [0, 0.1) is 0 Å². The van der Waals surface area contributed by atoms with E-state index >= 15 is 0 Å². The molecule has 2 aromatic carbocycles. The summed E-state index contributed by atoms with van der Waals surface area (Å²) in [6.07, 6.45) is 4.66. The third-order valence-corrected chi connectivity index (χ3v) is 8.05. The predicted octanol–water partition coefficient (Wildman–Crippen LogP) is 4.18. The minimum atomic E-state index is -1.07. The molecule has 0 saturated carbocycles. The normalized spacial score (nSPS) is 18.8. The Labute approximate surface area is 231 Å². The van der Waals surface area contributed by atoms with Gasteiger partial charge in [0.15, 0.2) is 0 Å². The molecule has 0 bridgehead atoms. The second-order valence-corrected chi connectivity index (χ2v) is 11.3. The Kier molecular flexibility index (Phi) is 9.60. The molecule has 0 radical (unpaired) electrons. The standard InChI is InChI=1S/C30H39N3O4.ClH/c1-29(2,31)28(37)32-25(14-8-11-21-9-4-3-5-10-21)27(36)33-17-15-30(16-18-33)20-22(19-26(34)35)23-12-6-7-13-24(23)30;/h3-7,9-10,12-13,22,25H,8,11,14-20,31H2,1-2H3,(H,32,37)(H,34,35);1H/t22?,25-;/m1./s1. The highest BCUT2D eigenvalue weighted by Gasteiger charge is 2.46. The highest BCUT2D eigenvalue weighted by atomic mass is 35.5. The summed E-state index contributed by atoms with van der Waals surface area (Å²) in [6, 6.07) is 17.7. The summed E-state index contributed by atoms with van der Waals surface area (Å²) in [7, 11) is 0. The number of aryl methyl sites for hydroxylation is 1. The van der Waals surface area contributed by atoms with Crippen molar-refractivity contribution in [2.24, 2.45) is 5.73 Å². The second-order valence-electron chi connectivity index (χ2n) is 11.3. The number of amides is 2. The van der Waals surface area contributed by atoms with Gasteiger partial charge in [0.25, 0.3) is 0 Å². The number of nitrogens with two attached hydrogens (primary N) is 1. The fraction of sp³-hybridized carbons (Fsp3) is 0.500. The summed E-state index contributed by atoms with van der Waals surface area (Å²) in [6.45, 7) is 4.46. The fourth-order valence-electron chi connectivity index (χ4n) is 6.03. The first kappa shape index (κ1) is 29.7. The Morgan fingerprint density at radius 1 is 1.08 bits per heavy atom. The summed E-state index contributed by atoms with van der Waals surface area (Å²) in [5, 5.41) is 12.4. The van der Waals surface area contributed by atoms with Crippen LogP contribution in [-0.4, -0.2) is 52.5 Å². The van der Waals surface area contributed by atoms with Crippen molar-refractivity contribution in [3.05, 3.63) is 71.3 Å². The van der Waals surface area contributed by atoms with Crippen LogP contribution in [0.4, 0.5) is 0 Å². The highest BCUT2D eigenvalue weighted by Crippen LogP contribution is 2.52. The Morgan fingerprint density at radius 3 is 2.34 bits per heavy atom. The van der Waals surface area contributed by atoms with Crippen molar-refractivity contribution in [3.8, 4) is 0 Å². The van der Waals surface area contributed by atoms with Crippen LogP contribution in [0.25, 0.3) is 0 Å². The minimum Gasteiger partial charge on any atom is -0.481 e. The lowest BCUT2D eigenvalue weighted by Crippen LogP contribution is -2.57. The smallest absolute Gasteiger partial charge is 0.303 e. The summed E-state index contributed by atoms with van der Waals surface area (Å²) in [5.74, 6) is -1.16. The van der Waals surface area contributed by atoms with Crippen LogP contribution in [-0.2, 0) is 26.2 Å². The van der Waals surface area contributed by atoms with Gasteiger partial charge in [-0.2, -0.15) is 0 Å². The molecule has 2 aliphatic rings. The molecule has 1 aliphatic heterocycles. The van der Waals surface area contributed by atoms with Gasteiger partial charge in [-0.05, 0) is 80.4 Å². The number of likely N-dealkylation sites (tertiary alicyclic amines) is 1. The first-order chi connectivity index (χ1) is 17.6. The molecule has 1 fully saturated rings. The van der Waals surface area contributed by atoms with E-state index in [2.05, 4.69) is 29.6 Å². The van der Waals surface area contributed by atoms with E-state index in [-0.39, 0.29) is 42.0 Å². The van der Waals surface area contributed by atoms with Gasteiger partial charge in [0.05, 0.1) is 12.0 Å². The van der Waals surface area contributed by atoms with Crippen LogP contribution >= 0.6 is 12.4 Å². The Morgan fingerprint density at radius 2 is 1.71 bits per heavy atom. The molecule has 206 valence electrons. The molecule has 2 amide bonds. The highest BCUT2D eigenvalue weighted by molar-refractivity contribution is 5.91. The number of aliphatic carboxylic acids is 1. The number of benzene rings is 2. The number of rotatable bonds is 9. The van der Waals surface area contributed by atoms with Crippen LogP contribution in [0.2, 0.25) is 0 Å². The van der Waals surface area contributed by atoms with Crippen molar-refractivity contribution in [2.45, 2.75) is 81.7 Å². The summed E-state index contributed by atoms with van der Waals surface area (Å²) >= 11 is 0. The number of halogens is 1. The van der Waals surface area contributed by atoms with Gasteiger partial charge in [-0.3, -0.25) is 14.4 Å². The summed E-state index contributed by atoms with van der Waals surface area (Å²) in [4.78, 5) is 39.7. The largest absolute Gasteiger partial charge is 0.481 e. The lowest BCUT2D eigenvalue weighted by molar-refractivity contribution is -0.139. The van der Waals surface area contributed by atoms with Crippen molar-refractivity contribution >= 4 is 30.2 Å². The van der Waals surface area contributed by atoms with Gasteiger partial charge in [-0.15, -0.1) is 12.4 Å². The SMILES string of the molecule is CC(C)(N)C(=O)N[C@H](CCCc1ccccc1)C(=O)N1CCC2(CC1)CC(CC(=O)O)c1ccccc12.Cl. The molecule has 1 spiro atoms. The number of carboxylic acid groups (broad SMARTS) is 1. The lowest BCUT2D eigenvalue weighted by atomic mass is 9.73. The van der Waals surface area contributed by atoms with E-state index in [1.165, 1.54) is 11.1 Å². The van der Waals surface area contributed by atoms with Crippen LogP contribution < -0.4 is 11.1 Å². The van der Waals surface area contributed by atoms with Gasteiger partial charge in [0.1, 0.15) is 6.04 Å². The van der Waals surface area contributed by atoms with E-state index in [1.54, 1.807) is 13.8 Å². The molecule has 4 N–H and O–H groups in total. The number of carboxylic acids is 1. The average molecular weight is 542 g/mol. The maximum Gasteiger partial charge on any atom is 0.303 e. The molecule has 0 aromatic heterocycles. The molecule has 1 aliphatic carbocycles. The summed E-state index contributed by atoms with van der Waals surface area (Å²) < 4.78 is 0. The number of piperidine rings is 1. The summed E-state index contributed by atoms with van der Waals surface area (Å²) in [5.41, 5.74) is 8.43. The molecule has 8 heteroatoms. The number of nitrogens with zero attached hydrogens (tertiary/aromatic N) is 1. The molecule has 2 atom stereocenters. The molecular weight excluding hydrogens is 502 g/mol. The van der Waals surface area contributed by atoms with Crippen LogP contribution in [0.5, 0.6) is 0 Å². The number of fused-ring (bicyclic) bond motifs is 2. The van der Waals surface area contributed by atoms with E-state index in [9.17, 15) is 19.5 Å². The zero-order chi connectivity index (χ0) is 26.6. The molecular formula is C30H40ClN3O4. The minimum absolute atomic E-state index is 0. The third-order valence-electron chi connectivity index (χ3n) is 8.05. The van der Waals surface area contributed by atoms with Crippen molar-refractivity contribution in [1.82, 2.24) is 10.2 Å². The number of nitrogens with one attached hydrogen (secondary N) is 1. The van der Waals surface area contributed by atoms with Crippen LogP contribution in [0.1, 0.15) is 75.0 Å². The number of carbonyl (C=O) groups excluding carboxylic acids is 2. The molecule has 7 nitrogen and oxygen atoms in total. The van der Waals surface area contributed by atoms with E-state index in [0.29, 0.717) is 19.5 Å². The van der Waals surface area contributed by atoms with Gasteiger partial charge >= 0.3 is 5.97 Å². The number of hydrogen-bond acceptors (Lipinski definition) is 4. The Hall–Kier alpha value is -2.90. The van der Waals surface area contributed by atoms with E-state index in [4.69, 9.17) is 5.73 Å². The lowest BCUT2D eigenvalue weighted by Gasteiger charge is -2.41. The van der Waals surface area contributed by atoms with Crippen LogP contribution in [0.15, 0.2) is 54.6 Å². The van der Waals surface area contributed by atoms with Crippen molar-refractivity contribution in [1.29, 1.82) is 0 Å². The number of hydrogen-bond donors (Lipinski definition) is 3. The van der Waals surface area contributed by atoms with Crippen molar-refractivity contribution in [3.63, 3.8) is 0 Å². The molecule has 1 heterocycles. The Bertz CT molecular complexity index is 1120. The van der Waals surface area contributed by atoms with Gasteiger partial charge in [-0.1, -0.05) is 54.6 Å². The topological polar surface area (TPSA) is 113 Å². The number of carbonyl (C=O) groups is 3. The second kappa shape index (κ2) is 12.3. The quantitative estimate of drug-likeness (QED) is 0.441. The van der Waals surface area contributed by atoms with Gasteiger partial charge in [0.2, 0.25) is 11.8 Å². The van der Waals surface area contributed by atoms with Gasteiger partial charge in [0, 0.05) is 13.1 Å². The Balaban J connectivity index is 0.00000400. The fourth-order valence-corrected chi connectivity index (χ4v) is 6.03. The molecule has 4 rings (SSSR count). The maximum absolute atomic E-state index is 13.7. The maximum atomic E-state index is 13.7. The predicted molar refractivity (Wildman–Crippen MR) is 150 cm³/mol. The van der Waals surface area contributed by atoms with E-state index in [1.807, 2.05) is 35.2 Å². The van der Waals surface area contributed by atoms with Gasteiger partial charge < -0.3 is 21.1 Å². The molecule has 1 unspecified atom stereocenters. The first-order valence-electron chi connectivity index (χ1n) is 13.3. The molecule has 2 aromatic rings. The monoisotopic (exact) mass is 541 g/mol. The third kappa shape index (κ3) is 6.75. The van der Waals surface area contributed by atoms with E-state index < -0.39 is 17.6 Å². The molecule has 38 heavy (non-hydrogen) atoms.